The van der Waals surface area contributed by atoms with E-state index < -0.39 is 0 Å². The number of rotatable bonds is 6. The molecule has 0 bridgehead atoms. The summed E-state index contributed by atoms with van der Waals surface area (Å²) in [4.78, 5) is 32.2. The van der Waals surface area contributed by atoms with E-state index in [-0.39, 0.29) is 18.0 Å². The molecule has 2 aromatic heterocycles. The first kappa shape index (κ1) is 19.2. The van der Waals surface area contributed by atoms with Gasteiger partial charge in [-0.3, -0.25) is 9.59 Å². The molecule has 0 atom stereocenters. The van der Waals surface area contributed by atoms with Crippen molar-refractivity contribution < 1.29 is 14.3 Å². The molecule has 9 nitrogen and oxygen atoms in total. The van der Waals surface area contributed by atoms with Crippen LogP contribution in [0.1, 0.15) is 16.2 Å². The molecule has 4 aromatic rings. The zero-order valence-corrected chi connectivity index (χ0v) is 16.4. The molecular formula is C21H19N5O4. The molecule has 1 amide bonds. The van der Waals surface area contributed by atoms with Gasteiger partial charge in [0.05, 0.1) is 32.6 Å². The summed E-state index contributed by atoms with van der Waals surface area (Å²) in [5.41, 5.74) is 1.24. The second-order valence-electron chi connectivity index (χ2n) is 6.43. The highest BCUT2D eigenvalue weighted by Crippen LogP contribution is 2.22. The van der Waals surface area contributed by atoms with Gasteiger partial charge in [0.15, 0.2) is 5.65 Å². The molecule has 0 radical (unpaired) electrons. The van der Waals surface area contributed by atoms with Gasteiger partial charge in [-0.15, -0.1) is 0 Å². The molecule has 2 heterocycles. The average molecular weight is 405 g/mol. The van der Waals surface area contributed by atoms with Gasteiger partial charge < -0.3 is 19.8 Å². The Morgan fingerprint density at radius 1 is 1.10 bits per heavy atom. The van der Waals surface area contributed by atoms with Gasteiger partial charge in [0, 0.05) is 11.6 Å². The van der Waals surface area contributed by atoms with Crippen molar-refractivity contribution in [2.45, 2.75) is 6.54 Å². The maximum atomic E-state index is 12.6. The molecule has 0 aliphatic heterocycles. The van der Waals surface area contributed by atoms with Crippen LogP contribution < -0.4 is 20.3 Å². The maximum Gasteiger partial charge on any atom is 0.262 e. The molecule has 0 aliphatic rings. The zero-order chi connectivity index (χ0) is 21.1. The molecular weight excluding hydrogens is 386 g/mol. The van der Waals surface area contributed by atoms with Crippen LogP contribution in [0.15, 0.2) is 59.5 Å². The van der Waals surface area contributed by atoms with Crippen LogP contribution in [-0.4, -0.2) is 39.9 Å². The quantitative estimate of drug-likeness (QED) is 0.508. The Hall–Kier alpha value is -4.14. The van der Waals surface area contributed by atoms with Crippen molar-refractivity contribution in [1.82, 2.24) is 25.1 Å². The summed E-state index contributed by atoms with van der Waals surface area (Å²) in [7, 11) is 3.02. The highest BCUT2D eigenvalue weighted by molar-refractivity contribution is 5.95. The summed E-state index contributed by atoms with van der Waals surface area (Å²) < 4.78 is 12.0. The van der Waals surface area contributed by atoms with Gasteiger partial charge in [-0.05, 0) is 24.3 Å². The van der Waals surface area contributed by atoms with E-state index in [1.807, 2.05) is 30.3 Å². The third-order valence-corrected chi connectivity index (χ3v) is 4.52. The number of para-hydroxylation sites is 1. The Morgan fingerprint density at radius 2 is 1.80 bits per heavy atom. The Bertz CT molecular complexity index is 1240. The van der Waals surface area contributed by atoms with Crippen LogP contribution in [0.2, 0.25) is 0 Å². The molecule has 0 fully saturated rings. The number of benzene rings is 2. The molecule has 0 unspecified atom stereocenters. The van der Waals surface area contributed by atoms with E-state index in [1.54, 1.807) is 22.9 Å². The number of amides is 1. The van der Waals surface area contributed by atoms with Gasteiger partial charge >= 0.3 is 0 Å². The SMILES string of the molecule is COc1cc(OC)cc(C(=O)NCc2nc3c(cnn3-c3ccccc3)c(=O)[nH]2)c1. The number of ether oxygens (including phenoxy) is 2. The molecule has 4 rings (SSSR count). The third-order valence-electron chi connectivity index (χ3n) is 4.52. The minimum Gasteiger partial charge on any atom is -0.497 e. The number of carbonyl (C=O) groups is 1. The van der Waals surface area contributed by atoms with Gasteiger partial charge in [-0.25, -0.2) is 9.67 Å². The summed E-state index contributed by atoms with van der Waals surface area (Å²) in [6.45, 7) is 0.0313. The second kappa shape index (κ2) is 8.08. The lowest BCUT2D eigenvalue weighted by Gasteiger charge is -2.09. The summed E-state index contributed by atoms with van der Waals surface area (Å²) in [5.74, 6) is 0.957. The molecule has 2 aromatic carbocycles. The molecule has 9 heteroatoms. The Kier molecular flexibility index (Phi) is 5.17. The third kappa shape index (κ3) is 3.72. The summed E-state index contributed by atoms with van der Waals surface area (Å²) in [5, 5.41) is 7.38. The van der Waals surface area contributed by atoms with Gasteiger partial charge in [0.25, 0.3) is 11.5 Å². The number of nitrogens with one attached hydrogen (secondary N) is 2. The van der Waals surface area contributed by atoms with E-state index in [2.05, 4.69) is 20.4 Å². The molecule has 0 saturated carbocycles. The molecule has 0 spiro atoms. The van der Waals surface area contributed by atoms with Crippen molar-refractivity contribution in [2.75, 3.05) is 14.2 Å². The standard InChI is InChI=1S/C21H19N5O4/c1-29-15-8-13(9-16(10-15)30-2)20(27)22-12-18-24-19-17(21(28)25-18)11-23-26(19)14-6-4-3-5-7-14/h3-11H,12H2,1-2H3,(H,22,27)(H,24,25,28). The van der Waals surface area contributed by atoms with Crippen molar-refractivity contribution >= 4 is 16.9 Å². The predicted octanol–water partition coefficient (Wildman–Crippen LogP) is 2.06. The number of hydrogen-bond acceptors (Lipinski definition) is 6. The molecule has 30 heavy (non-hydrogen) atoms. The lowest BCUT2D eigenvalue weighted by Crippen LogP contribution is -2.25. The highest BCUT2D eigenvalue weighted by Gasteiger charge is 2.14. The van der Waals surface area contributed by atoms with Crippen molar-refractivity contribution in [3.63, 3.8) is 0 Å². The van der Waals surface area contributed by atoms with E-state index in [0.717, 1.165) is 5.69 Å². The fourth-order valence-corrected chi connectivity index (χ4v) is 3.01. The summed E-state index contributed by atoms with van der Waals surface area (Å²) in [6, 6.07) is 14.3. The van der Waals surface area contributed by atoms with Crippen LogP contribution >= 0.6 is 0 Å². The van der Waals surface area contributed by atoms with Crippen molar-refractivity contribution in [3.8, 4) is 17.2 Å². The van der Waals surface area contributed by atoms with Gasteiger partial charge in [-0.2, -0.15) is 5.10 Å². The number of methoxy groups -OCH3 is 2. The van der Waals surface area contributed by atoms with E-state index in [9.17, 15) is 9.59 Å². The van der Waals surface area contributed by atoms with Crippen LogP contribution in [0, 0.1) is 0 Å². The number of fused-ring (bicyclic) bond motifs is 1. The number of aromatic amines is 1. The first-order chi connectivity index (χ1) is 14.6. The molecule has 0 aliphatic carbocycles. The minimum absolute atomic E-state index is 0.0313. The second-order valence-corrected chi connectivity index (χ2v) is 6.43. The largest absolute Gasteiger partial charge is 0.497 e. The van der Waals surface area contributed by atoms with Crippen molar-refractivity contribution in [2.24, 2.45) is 0 Å². The summed E-state index contributed by atoms with van der Waals surface area (Å²) >= 11 is 0. The van der Waals surface area contributed by atoms with Gasteiger partial charge in [0.1, 0.15) is 22.7 Å². The minimum atomic E-state index is -0.355. The lowest BCUT2D eigenvalue weighted by molar-refractivity contribution is 0.0949. The van der Waals surface area contributed by atoms with Crippen molar-refractivity contribution in [1.29, 1.82) is 0 Å². The number of hydrogen-bond donors (Lipinski definition) is 2. The van der Waals surface area contributed by atoms with Crippen LogP contribution in [0.25, 0.3) is 16.7 Å². The van der Waals surface area contributed by atoms with E-state index >= 15 is 0 Å². The van der Waals surface area contributed by atoms with Gasteiger partial charge in [-0.1, -0.05) is 18.2 Å². The maximum absolute atomic E-state index is 12.6. The molecule has 2 N–H and O–H groups in total. The smallest absolute Gasteiger partial charge is 0.262 e. The number of carbonyl (C=O) groups excluding carboxylic acids is 1. The van der Waals surface area contributed by atoms with E-state index in [0.29, 0.717) is 33.9 Å². The topological polar surface area (TPSA) is 111 Å². The average Bonchev–Trinajstić information content (AvgIpc) is 3.22. The lowest BCUT2D eigenvalue weighted by atomic mass is 10.2. The fourth-order valence-electron chi connectivity index (χ4n) is 3.01. The van der Waals surface area contributed by atoms with E-state index in [1.165, 1.54) is 20.4 Å². The molecule has 0 saturated heterocycles. The Morgan fingerprint density at radius 3 is 2.47 bits per heavy atom. The number of H-pyrrole nitrogens is 1. The van der Waals surface area contributed by atoms with Crippen LogP contribution in [0.3, 0.4) is 0 Å². The molecule has 152 valence electrons. The normalized spacial score (nSPS) is 10.7. The Balaban J connectivity index is 1.60. The number of nitrogens with zero attached hydrogens (tertiary/aromatic N) is 3. The summed E-state index contributed by atoms with van der Waals surface area (Å²) in [6.07, 6.45) is 1.47. The monoisotopic (exact) mass is 405 g/mol. The van der Waals surface area contributed by atoms with Crippen LogP contribution in [0.4, 0.5) is 0 Å². The zero-order valence-electron chi connectivity index (χ0n) is 16.4. The first-order valence-electron chi connectivity index (χ1n) is 9.12. The Labute approximate surface area is 171 Å². The number of aromatic nitrogens is 4. The van der Waals surface area contributed by atoms with Crippen LogP contribution in [0.5, 0.6) is 11.5 Å². The van der Waals surface area contributed by atoms with E-state index in [4.69, 9.17) is 9.47 Å². The van der Waals surface area contributed by atoms with Crippen molar-refractivity contribution in [3.05, 3.63) is 76.5 Å². The predicted molar refractivity (Wildman–Crippen MR) is 110 cm³/mol. The first-order valence-corrected chi connectivity index (χ1v) is 9.12. The van der Waals surface area contributed by atoms with Gasteiger partial charge in [0.2, 0.25) is 0 Å². The highest BCUT2D eigenvalue weighted by atomic mass is 16.5. The fraction of sp³-hybridized carbons (Fsp3) is 0.143. The van der Waals surface area contributed by atoms with Crippen LogP contribution in [-0.2, 0) is 6.54 Å².